The first kappa shape index (κ1) is 18.0. The fourth-order valence-electron chi connectivity index (χ4n) is 3.52. The topological polar surface area (TPSA) is 75.4 Å². The van der Waals surface area contributed by atoms with Gasteiger partial charge in [0.15, 0.2) is 0 Å². The number of piperazine rings is 1. The van der Waals surface area contributed by atoms with E-state index in [0.29, 0.717) is 11.5 Å². The number of amides is 1. The third-order valence-electron chi connectivity index (χ3n) is 5.10. The average molecular weight is 405 g/mol. The fourth-order valence-corrected chi connectivity index (χ4v) is 4.53. The Hall–Kier alpha value is -3.10. The summed E-state index contributed by atoms with van der Waals surface area (Å²) in [5.74, 6) is 0.508. The number of benzene rings is 2. The van der Waals surface area contributed by atoms with E-state index < -0.39 is 0 Å². The van der Waals surface area contributed by atoms with Crippen LogP contribution in [0.5, 0.6) is 0 Å². The lowest BCUT2D eigenvalue weighted by Gasteiger charge is -2.34. The average Bonchev–Trinajstić information content (AvgIpc) is 3.43. The summed E-state index contributed by atoms with van der Waals surface area (Å²) < 4.78 is 6.41. The van der Waals surface area contributed by atoms with Gasteiger partial charge in [0, 0.05) is 37.3 Å². The van der Waals surface area contributed by atoms with Crippen LogP contribution in [0, 0.1) is 0 Å². The predicted octanol–water partition coefficient (Wildman–Crippen LogP) is 3.30. The van der Waals surface area contributed by atoms with Gasteiger partial charge in [-0.15, -0.1) is 21.5 Å². The van der Waals surface area contributed by atoms with Crippen LogP contribution < -0.4 is 0 Å². The third-order valence-corrected chi connectivity index (χ3v) is 6.12. The summed E-state index contributed by atoms with van der Waals surface area (Å²) in [7, 11) is 0. The first-order valence-corrected chi connectivity index (χ1v) is 10.3. The number of nitrogens with zero attached hydrogens (tertiary/aromatic N) is 5. The summed E-state index contributed by atoms with van der Waals surface area (Å²) in [4.78, 5) is 21.8. The van der Waals surface area contributed by atoms with Gasteiger partial charge in [0.25, 0.3) is 5.91 Å². The van der Waals surface area contributed by atoms with E-state index in [-0.39, 0.29) is 5.91 Å². The monoisotopic (exact) mass is 405 g/mol. The van der Waals surface area contributed by atoms with Crippen molar-refractivity contribution >= 4 is 27.5 Å². The lowest BCUT2D eigenvalue weighted by molar-refractivity contribution is 0.0628. The molecule has 0 spiro atoms. The number of hydrogen-bond donors (Lipinski definition) is 0. The van der Waals surface area contributed by atoms with Crippen molar-refractivity contribution < 1.29 is 9.21 Å². The number of carbonyl (C=O) groups is 1. The summed E-state index contributed by atoms with van der Waals surface area (Å²) in [6, 6.07) is 15.5. The van der Waals surface area contributed by atoms with Crippen molar-refractivity contribution in [1.82, 2.24) is 25.0 Å². The minimum Gasteiger partial charge on any atom is -0.423 e. The minimum absolute atomic E-state index is 0.0571. The van der Waals surface area contributed by atoms with Crippen molar-refractivity contribution in [3.63, 3.8) is 0 Å². The number of rotatable bonds is 4. The van der Waals surface area contributed by atoms with Crippen LogP contribution in [-0.2, 0) is 6.54 Å². The normalized spacial score (nSPS) is 15.1. The molecule has 3 heterocycles. The molecule has 1 fully saturated rings. The number of hydrogen-bond acceptors (Lipinski definition) is 7. The summed E-state index contributed by atoms with van der Waals surface area (Å²) in [6.07, 6.45) is 1.29. The van der Waals surface area contributed by atoms with Crippen LogP contribution >= 0.6 is 11.3 Å². The van der Waals surface area contributed by atoms with Gasteiger partial charge in [-0.05, 0) is 36.4 Å². The zero-order valence-electron chi connectivity index (χ0n) is 15.7. The Morgan fingerprint density at radius 2 is 1.83 bits per heavy atom. The number of thiazole rings is 1. The van der Waals surface area contributed by atoms with E-state index in [1.807, 2.05) is 41.3 Å². The van der Waals surface area contributed by atoms with Crippen molar-refractivity contribution in [1.29, 1.82) is 0 Å². The molecule has 5 rings (SSSR count). The SMILES string of the molecule is O=C(c1ccc(-c2nnco2)cc1)N1CCN(Cc2nc3ccccc3s2)CC1. The Balaban J connectivity index is 1.19. The van der Waals surface area contributed by atoms with Gasteiger partial charge in [0.2, 0.25) is 12.3 Å². The van der Waals surface area contributed by atoms with Crippen LogP contribution in [0.3, 0.4) is 0 Å². The van der Waals surface area contributed by atoms with Crippen molar-refractivity contribution in [2.24, 2.45) is 0 Å². The molecule has 0 unspecified atom stereocenters. The number of para-hydroxylation sites is 1. The van der Waals surface area contributed by atoms with Gasteiger partial charge < -0.3 is 9.32 Å². The maximum absolute atomic E-state index is 12.8. The Bertz CT molecular complexity index is 1080. The Morgan fingerprint density at radius 1 is 1.03 bits per heavy atom. The number of carbonyl (C=O) groups excluding carboxylic acids is 1. The van der Waals surface area contributed by atoms with E-state index in [2.05, 4.69) is 27.2 Å². The summed E-state index contributed by atoms with van der Waals surface area (Å²) in [5, 5.41) is 8.69. The molecule has 1 amide bonds. The van der Waals surface area contributed by atoms with Gasteiger partial charge in [-0.3, -0.25) is 9.69 Å². The molecular weight excluding hydrogens is 386 g/mol. The molecule has 146 valence electrons. The molecule has 7 nitrogen and oxygen atoms in total. The van der Waals surface area contributed by atoms with E-state index in [1.54, 1.807) is 11.3 Å². The minimum atomic E-state index is 0.0571. The number of fused-ring (bicyclic) bond motifs is 1. The lowest BCUT2D eigenvalue weighted by Crippen LogP contribution is -2.48. The van der Waals surface area contributed by atoms with Gasteiger partial charge in [-0.25, -0.2) is 4.98 Å². The molecular formula is C21H19N5O2S. The number of aromatic nitrogens is 3. The summed E-state index contributed by atoms with van der Waals surface area (Å²) >= 11 is 1.74. The zero-order valence-corrected chi connectivity index (χ0v) is 16.5. The van der Waals surface area contributed by atoms with Crippen LogP contribution in [0.4, 0.5) is 0 Å². The lowest BCUT2D eigenvalue weighted by atomic mass is 10.1. The Labute approximate surface area is 171 Å². The molecule has 2 aromatic heterocycles. The molecule has 0 aliphatic carbocycles. The van der Waals surface area contributed by atoms with Crippen molar-refractivity contribution in [3.05, 3.63) is 65.5 Å². The van der Waals surface area contributed by atoms with Gasteiger partial charge >= 0.3 is 0 Å². The molecule has 8 heteroatoms. The van der Waals surface area contributed by atoms with Crippen LogP contribution in [0.25, 0.3) is 21.7 Å². The van der Waals surface area contributed by atoms with Crippen molar-refractivity contribution in [3.8, 4) is 11.5 Å². The maximum Gasteiger partial charge on any atom is 0.253 e. The molecule has 0 bridgehead atoms. The van der Waals surface area contributed by atoms with Gasteiger partial charge in [0.05, 0.1) is 16.8 Å². The van der Waals surface area contributed by atoms with Gasteiger partial charge in [0.1, 0.15) is 5.01 Å². The van der Waals surface area contributed by atoms with Gasteiger partial charge in [-0.2, -0.15) is 0 Å². The Morgan fingerprint density at radius 3 is 2.55 bits per heavy atom. The highest BCUT2D eigenvalue weighted by atomic mass is 32.1. The Kier molecular flexibility index (Phi) is 4.79. The van der Waals surface area contributed by atoms with Gasteiger partial charge in [-0.1, -0.05) is 12.1 Å². The highest BCUT2D eigenvalue weighted by Gasteiger charge is 2.23. The molecule has 1 aliphatic heterocycles. The maximum atomic E-state index is 12.8. The fraction of sp³-hybridized carbons (Fsp3) is 0.238. The molecule has 0 radical (unpaired) electrons. The quantitative estimate of drug-likeness (QED) is 0.519. The molecule has 0 saturated carbocycles. The molecule has 4 aromatic rings. The van der Waals surface area contributed by atoms with Crippen molar-refractivity contribution in [2.45, 2.75) is 6.54 Å². The second kappa shape index (κ2) is 7.73. The molecule has 1 aliphatic rings. The van der Waals surface area contributed by atoms with Crippen LogP contribution in [0.2, 0.25) is 0 Å². The smallest absolute Gasteiger partial charge is 0.253 e. The van der Waals surface area contributed by atoms with E-state index >= 15 is 0 Å². The second-order valence-corrected chi connectivity index (χ2v) is 8.08. The van der Waals surface area contributed by atoms with Crippen molar-refractivity contribution in [2.75, 3.05) is 26.2 Å². The summed E-state index contributed by atoms with van der Waals surface area (Å²) in [6.45, 7) is 3.97. The predicted molar refractivity (Wildman–Crippen MR) is 111 cm³/mol. The highest BCUT2D eigenvalue weighted by molar-refractivity contribution is 7.18. The third kappa shape index (κ3) is 3.76. The molecule has 2 aromatic carbocycles. The highest BCUT2D eigenvalue weighted by Crippen LogP contribution is 2.23. The van der Waals surface area contributed by atoms with Crippen LogP contribution in [0.15, 0.2) is 59.3 Å². The van der Waals surface area contributed by atoms with E-state index in [4.69, 9.17) is 9.40 Å². The largest absolute Gasteiger partial charge is 0.423 e. The van der Waals surface area contributed by atoms with Crippen LogP contribution in [0.1, 0.15) is 15.4 Å². The van der Waals surface area contributed by atoms with E-state index in [1.165, 1.54) is 11.1 Å². The molecule has 29 heavy (non-hydrogen) atoms. The van der Waals surface area contributed by atoms with E-state index in [0.717, 1.165) is 48.8 Å². The summed E-state index contributed by atoms with van der Waals surface area (Å²) in [5.41, 5.74) is 2.54. The van der Waals surface area contributed by atoms with Crippen LogP contribution in [-0.4, -0.2) is 57.1 Å². The first-order chi connectivity index (χ1) is 14.3. The first-order valence-electron chi connectivity index (χ1n) is 9.49. The molecule has 1 saturated heterocycles. The second-order valence-electron chi connectivity index (χ2n) is 6.96. The molecule has 0 N–H and O–H groups in total. The zero-order chi connectivity index (χ0) is 19.6. The standard InChI is InChI=1S/C21H19N5O2S/c27-21(16-7-5-15(6-8-16)20-24-22-14-28-20)26-11-9-25(10-12-26)13-19-23-17-3-1-2-4-18(17)29-19/h1-8,14H,9-13H2. The van der Waals surface area contributed by atoms with E-state index in [9.17, 15) is 4.79 Å². The molecule has 0 atom stereocenters.